The van der Waals surface area contributed by atoms with Crippen LogP contribution in [0.3, 0.4) is 0 Å². The summed E-state index contributed by atoms with van der Waals surface area (Å²) in [6.07, 6.45) is 3.10. The number of amides is 1. The van der Waals surface area contributed by atoms with Gasteiger partial charge in [0.05, 0.1) is 31.8 Å². The molecule has 12 heteroatoms. The third-order valence-corrected chi connectivity index (χ3v) is 5.24. The van der Waals surface area contributed by atoms with Crippen LogP contribution in [-0.4, -0.2) is 69.4 Å². The largest absolute Gasteiger partial charge is 0.394 e. The summed E-state index contributed by atoms with van der Waals surface area (Å²) in [4.78, 5) is 25.3. The number of carbonyl (C=O) groups is 1. The second-order valence-electron chi connectivity index (χ2n) is 7.39. The SMILES string of the molecule is O=C(Nc1ncnc2c1ncn2Cc1cn([C@H]2C[C@H](O)[C@@H](CO)O2)nn1)c1ccccc1. The maximum atomic E-state index is 12.5. The van der Waals surface area contributed by atoms with Crippen molar-refractivity contribution in [3.05, 3.63) is 60.4 Å². The van der Waals surface area contributed by atoms with Crippen molar-refractivity contribution in [3.8, 4) is 0 Å². The quantitative estimate of drug-likeness (QED) is 0.389. The van der Waals surface area contributed by atoms with Gasteiger partial charge in [0.1, 0.15) is 18.1 Å². The highest BCUT2D eigenvalue weighted by Crippen LogP contribution is 2.28. The van der Waals surface area contributed by atoms with Gasteiger partial charge in [-0.05, 0) is 12.1 Å². The van der Waals surface area contributed by atoms with E-state index in [2.05, 4.69) is 30.6 Å². The molecule has 0 bridgehead atoms. The number of nitrogens with one attached hydrogen (secondary N) is 1. The lowest BCUT2D eigenvalue weighted by Crippen LogP contribution is -2.24. The molecule has 4 heterocycles. The number of aromatic nitrogens is 7. The molecule has 3 atom stereocenters. The number of imidazole rings is 1. The molecule has 1 aromatic carbocycles. The summed E-state index contributed by atoms with van der Waals surface area (Å²) in [5.41, 5.74) is 2.13. The van der Waals surface area contributed by atoms with Crippen molar-refractivity contribution in [2.24, 2.45) is 0 Å². The Bertz CT molecular complexity index is 1240. The van der Waals surface area contributed by atoms with Gasteiger partial charge < -0.3 is 24.8 Å². The molecule has 164 valence electrons. The molecular weight excluding hydrogens is 416 g/mol. The number of rotatable bonds is 6. The van der Waals surface area contributed by atoms with Crippen LogP contribution in [-0.2, 0) is 11.3 Å². The zero-order valence-electron chi connectivity index (χ0n) is 16.8. The topological polar surface area (TPSA) is 153 Å². The molecule has 3 aromatic heterocycles. The van der Waals surface area contributed by atoms with Crippen LogP contribution in [0.5, 0.6) is 0 Å². The molecule has 1 saturated heterocycles. The Labute approximate surface area is 181 Å². The second kappa shape index (κ2) is 8.42. The number of benzene rings is 1. The zero-order valence-corrected chi connectivity index (χ0v) is 16.8. The number of aliphatic hydroxyl groups excluding tert-OH is 2. The van der Waals surface area contributed by atoms with E-state index < -0.39 is 18.4 Å². The van der Waals surface area contributed by atoms with Crippen LogP contribution in [0.4, 0.5) is 5.82 Å². The Balaban J connectivity index is 1.34. The van der Waals surface area contributed by atoms with Gasteiger partial charge in [0.25, 0.3) is 5.91 Å². The van der Waals surface area contributed by atoms with E-state index in [0.717, 1.165) is 0 Å². The molecule has 12 nitrogen and oxygen atoms in total. The lowest BCUT2D eigenvalue weighted by atomic mass is 10.2. The minimum atomic E-state index is -0.753. The molecule has 1 amide bonds. The van der Waals surface area contributed by atoms with Crippen LogP contribution in [0.1, 0.15) is 28.7 Å². The van der Waals surface area contributed by atoms with E-state index in [9.17, 15) is 15.0 Å². The van der Waals surface area contributed by atoms with Crippen LogP contribution in [0.25, 0.3) is 11.2 Å². The van der Waals surface area contributed by atoms with Gasteiger partial charge in [-0.15, -0.1) is 5.10 Å². The van der Waals surface area contributed by atoms with Crippen LogP contribution < -0.4 is 5.32 Å². The van der Waals surface area contributed by atoms with E-state index in [4.69, 9.17) is 4.74 Å². The standard InChI is InChI=1S/C20H20N8O4/c29-9-15-14(30)6-16(32-15)28-8-13(25-26-28)7-27-11-23-17-18(21-10-22-19(17)27)24-20(31)12-4-2-1-3-5-12/h1-5,8,10-11,14-16,29-30H,6-7,9H2,(H,21,22,24,31)/t14-,15+,16+/m0/s1. The first-order chi connectivity index (χ1) is 15.6. The Morgan fingerprint density at radius 3 is 2.84 bits per heavy atom. The lowest BCUT2D eigenvalue weighted by molar-refractivity contribution is -0.0489. The Morgan fingerprint density at radius 2 is 2.06 bits per heavy atom. The van der Waals surface area contributed by atoms with E-state index in [1.165, 1.54) is 11.0 Å². The number of carbonyl (C=O) groups excluding carboxylic acids is 1. The monoisotopic (exact) mass is 436 g/mol. The summed E-state index contributed by atoms with van der Waals surface area (Å²) in [6.45, 7) is 0.0708. The van der Waals surface area contributed by atoms with Crippen molar-refractivity contribution in [1.29, 1.82) is 0 Å². The Morgan fingerprint density at radius 1 is 1.22 bits per heavy atom. The molecule has 3 N–H and O–H groups in total. The summed E-state index contributed by atoms with van der Waals surface area (Å²) in [5, 5.41) is 30.2. The predicted octanol–water partition coefficient (Wildman–Crippen LogP) is 0.359. The van der Waals surface area contributed by atoms with Gasteiger partial charge in [-0.25, -0.2) is 19.6 Å². The molecule has 0 aliphatic carbocycles. The highest BCUT2D eigenvalue weighted by molar-refractivity contribution is 6.06. The lowest BCUT2D eigenvalue weighted by Gasteiger charge is -2.11. The number of nitrogens with zero attached hydrogens (tertiary/aromatic N) is 7. The number of hydrogen-bond donors (Lipinski definition) is 3. The molecule has 0 saturated carbocycles. The fourth-order valence-electron chi connectivity index (χ4n) is 3.60. The normalized spacial score (nSPS) is 20.6. The van der Waals surface area contributed by atoms with E-state index >= 15 is 0 Å². The summed E-state index contributed by atoms with van der Waals surface area (Å²) >= 11 is 0. The van der Waals surface area contributed by atoms with Crippen LogP contribution >= 0.6 is 0 Å². The van der Waals surface area contributed by atoms with E-state index in [1.807, 2.05) is 6.07 Å². The van der Waals surface area contributed by atoms with Crippen molar-refractivity contribution >= 4 is 22.9 Å². The number of anilines is 1. The third kappa shape index (κ3) is 3.82. The zero-order chi connectivity index (χ0) is 22.1. The predicted molar refractivity (Wildman–Crippen MR) is 110 cm³/mol. The first-order valence-electron chi connectivity index (χ1n) is 9.99. The summed E-state index contributed by atoms with van der Waals surface area (Å²) in [7, 11) is 0. The maximum absolute atomic E-state index is 12.5. The highest BCUT2D eigenvalue weighted by Gasteiger charge is 2.35. The number of hydrogen-bond acceptors (Lipinski definition) is 9. The van der Waals surface area contributed by atoms with Gasteiger partial charge in [-0.1, -0.05) is 23.4 Å². The van der Waals surface area contributed by atoms with Crippen molar-refractivity contribution in [3.63, 3.8) is 0 Å². The highest BCUT2D eigenvalue weighted by atomic mass is 16.5. The first-order valence-corrected chi connectivity index (χ1v) is 9.99. The molecule has 0 spiro atoms. The second-order valence-corrected chi connectivity index (χ2v) is 7.39. The minimum absolute atomic E-state index is 0.261. The van der Waals surface area contributed by atoms with Crippen molar-refractivity contribution in [2.45, 2.75) is 31.4 Å². The average Bonchev–Trinajstić information content (AvgIpc) is 3.54. The van der Waals surface area contributed by atoms with E-state index in [-0.39, 0.29) is 12.5 Å². The van der Waals surface area contributed by atoms with Crippen LogP contribution in [0.2, 0.25) is 0 Å². The molecule has 5 rings (SSSR count). The molecule has 1 aliphatic heterocycles. The van der Waals surface area contributed by atoms with Gasteiger partial charge in [0.2, 0.25) is 0 Å². The summed E-state index contributed by atoms with van der Waals surface area (Å²) < 4.78 is 8.89. The van der Waals surface area contributed by atoms with Gasteiger partial charge in [-0.3, -0.25) is 4.79 Å². The fourth-order valence-corrected chi connectivity index (χ4v) is 3.60. The van der Waals surface area contributed by atoms with Crippen molar-refractivity contribution in [1.82, 2.24) is 34.5 Å². The van der Waals surface area contributed by atoms with Crippen molar-refractivity contribution in [2.75, 3.05) is 11.9 Å². The summed E-state index contributed by atoms with van der Waals surface area (Å²) in [5.74, 6) is 0.0256. The number of aliphatic hydroxyl groups is 2. The molecule has 0 unspecified atom stereocenters. The van der Waals surface area contributed by atoms with Gasteiger partial charge >= 0.3 is 0 Å². The smallest absolute Gasteiger partial charge is 0.256 e. The summed E-state index contributed by atoms with van der Waals surface area (Å²) in [6, 6.07) is 8.84. The molecule has 0 radical (unpaired) electrons. The Hall–Kier alpha value is -3.74. The van der Waals surface area contributed by atoms with Crippen LogP contribution in [0.15, 0.2) is 49.2 Å². The molecule has 1 fully saturated rings. The molecular formula is C20H20N8O4. The first kappa shape index (κ1) is 20.2. The van der Waals surface area contributed by atoms with E-state index in [1.54, 1.807) is 41.4 Å². The average molecular weight is 436 g/mol. The maximum Gasteiger partial charge on any atom is 0.256 e. The third-order valence-electron chi connectivity index (χ3n) is 5.24. The fraction of sp³-hybridized carbons (Fsp3) is 0.300. The molecule has 4 aromatic rings. The molecule has 32 heavy (non-hydrogen) atoms. The van der Waals surface area contributed by atoms with Crippen LogP contribution in [0, 0.1) is 0 Å². The van der Waals surface area contributed by atoms with Crippen molar-refractivity contribution < 1.29 is 19.7 Å². The minimum Gasteiger partial charge on any atom is -0.394 e. The Kier molecular flexibility index (Phi) is 5.31. The molecule has 1 aliphatic rings. The van der Waals surface area contributed by atoms with Gasteiger partial charge in [0, 0.05) is 12.0 Å². The van der Waals surface area contributed by atoms with Gasteiger partial charge in [0.15, 0.2) is 23.2 Å². The van der Waals surface area contributed by atoms with E-state index in [0.29, 0.717) is 41.2 Å². The number of ether oxygens (including phenoxy) is 1. The van der Waals surface area contributed by atoms with Gasteiger partial charge in [-0.2, -0.15) is 0 Å². The number of fused-ring (bicyclic) bond motifs is 1.